The third kappa shape index (κ3) is 9.92. The van der Waals surface area contributed by atoms with Crippen LogP contribution in [-0.4, -0.2) is 76.7 Å². The number of hydrogen-bond acceptors (Lipinski definition) is 10. The fourth-order valence-electron chi connectivity index (χ4n) is 6.83. The van der Waals surface area contributed by atoms with Crippen molar-refractivity contribution < 1.29 is 28.4 Å². The number of ether oxygens (including phenoxy) is 6. The Hall–Kier alpha value is -4.61. The second-order valence-electron chi connectivity index (χ2n) is 12.4. The van der Waals surface area contributed by atoms with Crippen LogP contribution in [0.1, 0.15) is 24.0 Å². The Labute approximate surface area is 336 Å². The van der Waals surface area contributed by atoms with Crippen LogP contribution in [0, 0.1) is 0 Å². The average molecular weight is 800 g/mol. The molecule has 0 saturated carbocycles. The first-order valence-corrected chi connectivity index (χ1v) is 17.0. The molecule has 2 aromatic heterocycles. The molecule has 1 fully saturated rings. The molecule has 0 aliphatic carbocycles. The number of anilines is 1. The lowest BCUT2D eigenvalue weighted by molar-refractivity contribution is 0.200. The van der Waals surface area contributed by atoms with Crippen molar-refractivity contribution in [3.63, 3.8) is 0 Å². The summed E-state index contributed by atoms with van der Waals surface area (Å²) in [4.78, 5) is 14.4. The van der Waals surface area contributed by atoms with E-state index in [0.29, 0.717) is 40.5 Å². The van der Waals surface area contributed by atoms with Gasteiger partial charge < -0.3 is 33.3 Å². The van der Waals surface area contributed by atoms with Gasteiger partial charge in [0.15, 0.2) is 23.0 Å². The SMILES string of the molecule is COc1cc(-c2cncc(CN3CCC(N(Cc4ccnc(-c5cc(OC)c(OC)c(OC)c5)c4)c4ccccc4)CC3)c2)cc(OC)c1OC.Cl.Cl.Cl. The molecule has 0 N–H and O–H groups in total. The highest BCUT2D eigenvalue weighted by Crippen LogP contribution is 2.42. The first-order chi connectivity index (χ1) is 25.0. The van der Waals surface area contributed by atoms with Crippen LogP contribution in [0.2, 0.25) is 0 Å². The largest absolute Gasteiger partial charge is 0.493 e. The van der Waals surface area contributed by atoms with Gasteiger partial charge in [-0.15, -0.1) is 37.2 Å². The van der Waals surface area contributed by atoms with Crippen molar-refractivity contribution in [2.45, 2.75) is 32.0 Å². The molecule has 10 nitrogen and oxygen atoms in total. The van der Waals surface area contributed by atoms with Crippen LogP contribution < -0.4 is 33.3 Å². The van der Waals surface area contributed by atoms with Crippen LogP contribution in [0.4, 0.5) is 5.69 Å². The van der Waals surface area contributed by atoms with Gasteiger partial charge in [-0.1, -0.05) is 18.2 Å². The van der Waals surface area contributed by atoms with Crippen LogP contribution in [-0.2, 0) is 13.1 Å². The number of halogens is 3. The van der Waals surface area contributed by atoms with Gasteiger partial charge in [0.2, 0.25) is 11.5 Å². The second-order valence-corrected chi connectivity index (χ2v) is 12.4. The first kappa shape index (κ1) is 43.8. The highest BCUT2D eigenvalue weighted by atomic mass is 35.5. The van der Waals surface area contributed by atoms with Crippen molar-refractivity contribution in [1.29, 1.82) is 0 Å². The number of rotatable bonds is 14. The summed E-state index contributed by atoms with van der Waals surface area (Å²) in [5.74, 6) is 3.56. The molecule has 54 heavy (non-hydrogen) atoms. The van der Waals surface area contributed by atoms with Crippen molar-refractivity contribution in [3.05, 3.63) is 103 Å². The van der Waals surface area contributed by atoms with Gasteiger partial charge in [0, 0.05) is 67.6 Å². The number of pyridine rings is 2. The first-order valence-electron chi connectivity index (χ1n) is 17.0. The lowest BCUT2D eigenvalue weighted by Crippen LogP contribution is -2.44. The maximum atomic E-state index is 5.61. The predicted octanol–water partition coefficient (Wildman–Crippen LogP) is 8.80. The lowest BCUT2D eigenvalue weighted by atomic mass is 9.99. The molecule has 0 bridgehead atoms. The maximum Gasteiger partial charge on any atom is 0.203 e. The minimum atomic E-state index is 0. The second kappa shape index (κ2) is 20.7. The fourth-order valence-corrected chi connectivity index (χ4v) is 6.83. The summed E-state index contributed by atoms with van der Waals surface area (Å²) >= 11 is 0. The molecule has 13 heteroatoms. The number of nitrogens with zero attached hydrogens (tertiary/aromatic N) is 4. The van der Waals surface area contributed by atoms with Crippen LogP contribution in [0.3, 0.4) is 0 Å². The Kier molecular flexibility index (Phi) is 16.8. The van der Waals surface area contributed by atoms with Crippen molar-refractivity contribution >= 4 is 42.9 Å². The van der Waals surface area contributed by atoms with Crippen molar-refractivity contribution in [1.82, 2.24) is 14.9 Å². The molecule has 0 spiro atoms. The Bertz CT molecular complexity index is 1880. The van der Waals surface area contributed by atoms with E-state index < -0.39 is 0 Å². The monoisotopic (exact) mass is 798 g/mol. The van der Waals surface area contributed by atoms with Gasteiger partial charge in [0.05, 0.1) is 48.4 Å². The molecular weight excluding hydrogens is 751 g/mol. The summed E-state index contributed by atoms with van der Waals surface area (Å²) in [6, 6.07) is 25.3. The molecule has 290 valence electrons. The van der Waals surface area contributed by atoms with E-state index in [-0.39, 0.29) is 37.2 Å². The van der Waals surface area contributed by atoms with E-state index in [9.17, 15) is 0 Å². The zero-order valence-electron chi connectivity index (χ0n) is 31.4. The predicted molar refractivity (Wildman–Crippen MR) is 221 cm³/mol. The van der Waals surface area contributed by atoms with E-state index in [1.54, 1.807) is 42.7 Å². The average Bonchev–Trinajstić information content (AvgIpc) is 3.19. The van der Waals surface area contributed by atoms with Gasteiger partial charge in [-0.05, 0) is 84.1 Å². The zero-order valence-corrected chi connectivity index (χ0v) is 33.9. The number of para-hydroxylation sites is 1. The lowest BCUT2D eigenvalue weighted by Gasteiger charge is -2.40. The molecule has 0 amide bonds. The van der Waals surface area contributed by atoms with Gasteiger partial charge in [-0.25, -0.2) is 0 Å². The minimum absolute atomic E-state index is 0. The van der Waals surface area contributed by atoms with E-state index in [2.05, 4.69) is 63.3 Å². The summed E-state index contributed by atoms with van der Waals surface area (Å²) < 4.78 is 33.4. The van der Waals surface area contributed by atoms with E-state index in [0.717, 1.165) is 67.0 Å². The molecule has 1 aliphatic heterocycles. The van der Waals surface area contributed by atoms with Gasteiger partial charge in [-0.2, -0.15) is 0 Å². The van der Waals surface area contributed by atoms with Gasteiger partial charge in [0.1, 0.15) is 0 Å². The van der Waals surface area contributed by atoms with Crippen LogP contribution in [0.15, 0.2) is 91.4 Å². The summed E-state index contributed by atoms with van der Waals surface area (Å²) in [7, 11) is 9.73. The number of hydrogen-bond donors (Lipinski definition) is 0. The smallest absolute Gasteiger partial charge is 0.203 e. The summed E-state index contributed by atoms with van der Waals surface area (Å²) in [5, 5.41) is 0. The summed E-state index contributed by atoms with van der Waals surface area (Å²) in [6.07, 6.45) is 7.79. The Morgan fingerprint density at radius 1 is 0.611 bits per heavy atom. The molecule has 0 radical (unpaired) electrons. The molecule has 0 atom stereocenters. The minimum Gasteiger partial charge on any atom is -0.493 e. The summed E-state index contributed by atoms with van der Waals surface area (Å²) in [5.41, 5.74) is 7.25. The highest BCUT2D eigenvalue weighted by molar-refractivity contribution is 5.86. The molecule has 5 aromatic rings. The zero-order chi connectivity index (χ0) is 35.7. The topological polar surface area (TPSA) is 87.6 Å². The van der Waals surface area contributed by atoms with E-state index >= 15 is 0 Å². The Balaban J connectivity index is 0.00000261. The van der Waals surface area contributed by atoms with Crippen molar-refractivity contribution in [2.75, 3.05) is 60.6 Å². The van der Waals surface area contributed by atoms with Crippen molar-refractivity contribution in [2.24, 2.45) is 0 Å². The van der Waals surface area contributed by atoms with Crippen LogP contribution in [0.5, 0.6) is 34.5 Å². The maximum absolute atomic E-state index is 5.61. The normalized spacial score (nSPS) is 12.6. The van der Waals surface area contributed by atoms with Crippen LogP contribution in [0.25, 0.3) is 22.4 Å². The number of piperidine rings is 1. The van der Waals surface area contributed by atoms with E-state index in [4.69, 9.17) is 33.4 Å². The third-order valence-corrected chi connectivity index (χ3v) is 9.42. The fraction of sp³-hybridized carbons (Fsp3) is 0.317. The summed E-state index contributed by atoms with van der Waals surface area (Å²) in [6.45, 7) is 3.55. The van der Waals surface area contributed by atoms with Crippen molar-refractivity contribution in [3.8, 4) is 56.9 Å². The van der Waals surface area contributed by atoms with Gasteiger partial charge in [-0.3, -0.25) is 14.9 Å². The molecule has 6 rings (SSSR count). The Morgan fingerprint density at radius 3 is 1.70 bits per heavy atom. The molecule has 1 saturated heterocycles. The Morgan fingerprint density at radius 2 is 1.17 bits per heavy atom. The van der Waals surface area contributed by atoms with Gasteiger partial charge in [0.25, 0.3) is 0 Å². The number of benzene rings is 3. The molecule has 3 aromatic carbocycles. The number of likely N-dealkylation sites (tertiary alicyclic amines) is 1. The standard InChI is InChI=1S/C41H46N4O6.3ClH/c1-46-36-20-30(21-37(47-2)40(36)50-5)32-18-29(24-42-25-32)26-44-16-13-34(14-17-44)45(33-10-8-7-9-11-33)27-28-12-15-43-35(19-28)31-22-38(48-3)41(51-6)39(23-31)49-4;;;/h7-12,15,18-25,34H,13-14,16-17,26-27H2,1-6H3;3*1H. The molecular formula is C41H49Cl3N4O6. The quantitative estimate of drug-likeness (QED) is 0.109. The number of methoxy groups -OCH3 is 6. The van der Waals surface area contributed by atoms with Crippen LogP contribution >= 0.6 is 37.2 Å². The molecule has 0 unspecified atom stereocenters. The van der Waals surface area contributed by atoms with Gasteiger partial charge >= 0.3 is 0 Å². The number of aromatic nitrogens is 2. The molecule has 3 heterocycles. The third-order valence-electron chi connectivity index (χ3n) is 9.42. The van der Waals surface area contributed by atoms with E-state index in [1.807, 2.05) is 42.9 Å². The van der Waals surface area contributed by atoms with E-state index in [1.165, 1.54) is 11.3 Å². The molecule has 1 aliphatic rings. The highest BCUT2D eigenvalue weighted by Gasteiger charge is 2.26.